The Morgan fingerprint density at radius 1 is 1.30 bits per heavy atom. The molecule has 0 aliphatic carbocycles. The Labute approximate surface area is 74.4 Å². The quantitative estimate of drug-likeness (QED) is 0.333. The number of hydrogen-bond acceptors (Lipinski definition) is 2. The summed E-state index contributed by atoms with van der Waals surface area (Å²) >= 11 is 0. The summed E-state index contributed by atoms with van der Waals surface area (Å²) in [5, 5.41) is 10.7. The Balaban J connectivity index is 0. The largest absolute Gasteiger partial charge is 1.00 e. The molecule has 0 aliphatic heterocycles. The van der Waals surface area contributed by atoms with Gasteiger partial charge < -0.3 is 9.84 Å². The van der Waals surface area contributed by atoms with Gasteiger partial charge in [0.2, 0.25) is 0 Å². The summed E-state index contributed by atoms with van der Waals surface area (Å²) < 4.78 is 4.52. The van der Waals surface area contributed by atoms with E-state index in [4.69, 9.17) is 0 Å². The third kappa shape index (κ3) is 3.87. The van der Waals surface area contributed by atoms with Crippen molar-refractivity contribution in [1.82, 2.24) is 0 Å². The van der Waals surface area contributed by atoms with Crippen LogP contribution in [0.5, 0.6) is 0 Å². The minimum absolute atomic E-state index is 0. The van der Waals surface area contributed by atoms with Crippen LogP contribution in [0.2, 0.25) is 0 Å². The van der Waals surface area contributed by atoms with E-state index in [1.54, 1.807) is 0 Å². The van der Waals surface area contributed by atoms with Crippen molar-refractivity contribution in [3.8, 4) is 0 Å². The molecule has 3 heteroatoms. The second-order valence-electron chi connectivity index (χ2n) is 1.80. The van der Waals surface area contributed by atoms with Crippen LogP contribution in [-0.2, 0) is 4.74 Å². The van der Waals surface area contributed by atoms with Gasteiger partial charge in [0.05, 0.1) is 5.95 Å². The van der Waals surface area contributed by atoms with Crippen LogP contribution in [0.15, 0.2) is 11.5 Å². The van der Waals surface area contributed by atoms with Gasteiger partial charge in [-0.1, -0.05) is 13.8 Å². The summed E-state index contributed by atoms with van der Waals surface area (Å²) in [7, 11) is 1.41. The maximum atomic E-state index is 10.7. The average Bonchev–Trinajstić information content (AvgIpc) is 1.90. The van der Waals surface area contributed by atoms with Crippen LogP contribution in [0.1, 0.15) is 26.7 Å². The molecular weight excluding hydrogens is 123 g/mol. The second-order valence-corrected chi connectivity index (χ2v) is 1.80. The first-order valence-electron chi connectivity index (χ1n) is 3.19. The molecule has 10 heavy (non-hydrogen) atoms. The summed E-state index contributed by atoms with van der Waals surface area (Å²) in [6.07, 6.45) is 1.59. The van der Waals surface area contributed by atoms with E-state index in [-0.39, 0.29) is 24.8 Å². The van der Waals surface area contributed by atoms with Crippen molar-refractivity contribution < 1.29 is 28.7 Å². The van der Waals surface area contributed by atoms with Crippen molar-refractivity contribution in [3.05, 3.63) is 11.5 Å². The van der Waals surface area contributed by atoms with Gasteiger partial charge in [-0.2, -0.15) is 0 Å². The number of hydrogen-bond donors (Lipinski definition) is 0. The van der Waals surface area contributed by atoms with Gasteiger partial charge in [-0.05, 0) is 25.5 Å². The second kappa shape index (κ2) is 7.05. The number of allylic oxidation sites excluding steroid dienone is 1. The molecule has 0 aromatic carbocycles. The van der Waals surface area contributed by atoms with Gasteiger partial charge in [0, 0.05) is 0 Å². The molecule has 0 saturated carbocycles. The average molecular weight is 136 g/mol. The Kier molecular flexibility index (Phi) is 8.88. The normalized spacial score (nSPS) is 7.90. The minimum Gasteiger partial charge on any atom is -0.617 e. The van der Waals surface area contributed by atoms with Crippen LogP contribution in [0.4, 0.5) is 0 Å². The van der Waals surface area contributed by atoms with Crippen LogP contribution >= 0.6 is 0 Å². The molecule has 0 aliphatic rings. The number of methoxy groups -OCH3 is 1. The topological polar surface area (TPSA) is 32.3 Å². The van der Waals surface area contributed by atoms with Crippen molar-refractivity contribution in [3.63, 3.8) is 0 Å². The molecule has 0 radical (unpaired) electrons. The molecule has 0 amide bonds. The molecule has 0 fully saturated rings. The van der Waals surface area contributed by atoms with Gasteiger partial charge in [0.15, 0.2) is 0 Å². The zero-order valence-corrected chi connectivity index (χ0v) is 7.23. The molecule has 0 bridgehead atoms. The van der Waals surface area contributed by atoms with Crippen LogP contribution in [-0.4, -0.2) is 7.11 Å². The van der Waals surface area contributed by atoms with E-state index in [0.717, 1.165) is 18.4 Å². The molecule has 0 atom stereocenters. The molecule has 0 saturated heterocycles. The third-order valence-electron chi connectivity index (χ3n) is 1.33. The zero-order valence-electron chi connectivity index (χ0n) is 7.23. The Hall–Kier alpha value is -0.0626. The summed E-state index contributed by atoms with van der Waals surface area (Å²) in [6, 6.07) is 0. The van der Waals surface area contributed by atoms with Crippen LogP contribution < -0.4 is 24.0 Å². The number of ether oxygens (including phenoxy) is 1. The monoisotopic (exact) mass is 136 g/mol. The van der Waals surface area contributed by atoms with Crippen LogP contribution in [0, 0.1) is 0 Å². The molecular formula is C7H13LiO2. The Morgan fingerprint density at radius 2 is 1.70 bits per heavy atom. The van der Waals surface area contributed by atoms with E-state index in [9.17, 15) is 5.11 Å². The van der Waals surface area contributed by atoms with E-state index in [1.165, 1.54) is 7.11 Å². The molecule has 2 nitrogen and oxygen atoms in total. The molecule has 0 spiro atoms. The summed E-state index contributed by atoms with van der Waals surface area (Å²) in [5.41, 5.74) is 0.859. The SMILES string of the molecule is CCC(CC)=C([O-])OC.[Li+]. The van der Waals surface area contributed by atoms with Gasteiger partial charge in [-0.3, -0.25) is 0 Å². The first-order valence-corrected chi connectivity index (χ1v) is 3.19. The molecule has 54 valence electrons. The Bertz CT molecular complexity index is 104. The van der Waals surface area contributed by atoms with E-state index in [1.807, 2.05) is 13.8 Å². The first-order chi connectivity index (χ1) is 4.26. The molecule has 0 rings (SSSR count). The predicted octanol–water partition coefficient (Wildman–Crippen LogP) is -1.97. The predicted molar refractivity (Wildman–Crippen MR) is 34.6 cm³/mol. The summed E-state index contributed by atoms with van der Waals surface area (Å²) in [6.45, 7) is 3.91. The standard InChI is InChI=1S/C7H14O2.Li/c1-4-6(5-2)7(8)9-3;/h8H,4-5H2,1-3H3;/q;+1/p-1. The summed E-state index contributed by atoms with van der Waals surface area (Å²) in [4.78, 5) is 0. The van der Waals surface area contributed by atoms with Gasteiger partial charge in [-0.15, -0.1) is 0 Å². The van der Waals surface area contributed by atoms with Crippen molar-refractivity contribution in [2.75, 3.05) is 7.11 Å². The molecule has 0 aromatic heterocycles. The number of rotatable bonds is 3. The van der Waals surface area contributed by atoms with Crippen molar-refractivity contribution in [1.29, 1.82) is 0 Å². The fourth-order valence-electron chi connectivity index (χ4n) is 0.683. The van der Waals surface area contributed by atoms with Crippen LogP contribution in [0.25, 0.3) is 0 Å². The Morgan fingerprint density at radius 3 is 1.80 bits per heavy atom. The molecule has 0 N–H and O–H groups in total. The van der Waals surface area contributed by atoms with Crippen LogP contribution in [0.3, 0.4) is 0 Å². The molecule has 0 unspecified atom stereocenters. The van der Waals surface area contributed by atoms with E-state index in [2.05, 4.69) is 4.74 Å². The fraction of sp³-hybridized carbons (Fsp3) is 0.714. The first kappa shape index (κ1) is 12.6. The third-order valence-corrected chi connectivity index (χ3v) is 1.33. The maximum absolute atomic E-state index is 10.7. The van der Waals surface area contributed by atoms with Gasteiger partial charge in [0.1, 0.15) is 0 Å². The fourth-order valence-corrected chi connectivity index (χ4v) is 0.683. The maximum Gasteiger partial charge on any atom is 1.00 e. The van der Waals surface area contributed by atoms with Crippen molar-refractivity contribution in [2.24, 2.45) is 0 Å². The minimum atomic E-state index is -0.167. The van der Waals surface area contributed by atoms with E-state index in [0.29, 0.717) is 0 Å². The molecule has 0 heterocycles. The van der Waals surface area contributed by atoms with Crippen molar-refractivity contribution in [2.45, 2.75) is 26.7 Å². The van der Waals surface area contributed by atoms with Gasteiger partial charge >= 0.3 is 18.9 Å². The van der Waals surface area contributed by atoms with Crippen molar-refractivity contribution >= 4 is 0 Å². The molecule has 0 aromatic rings. The smallest absolute Gasteiger partial charge is 0.617 e. The zero-order chi connectivity index (χ0) is 7.28. The summed E-state index contributed by atoms with van der Waals surface area (Å²) in [5.74, 6) is -0.167. The van der Waals surface area contributed by atoms with Gasteiger partial charge in [-0.25, -0.2) is 0 Å². The van der Waals surface area contributed by atoms with E-state index < -0.39 is 0 Å². The van der Waals surface area contributed by atoms with E-state index >= 15 is 0 Å². The van der Waals surface area contributed by atoms with Gasteiger partial charge in [0.25, 0.3) is 0 Å².